The fourth-order valence-corrected chi connectivity index (χ4v) is 3.19. The molecule has 1 aromatic carbocycles. The molecule has 0 bridgehead atoms. The summed E-state index contributed by atoms with van der Waals surface area (Å²) in [5.74, 6) is 0.261. The van der Waals surface area contributed by atoms with Crippen molar-refractivity contribution >= 4 is 5.91 Å². The van der Waals surface area contributed by atoms with Gasteiger partial charge < -0.3 is 11.5 Å². The second-order valence-corrected chi connectivity index (χ2v) is 5.76. The molecule has 4 heteroatoms. The maximum Gasteiger partial charge on any atom is 0.217 e. The van der Waals surface area contributed by atoms with Crippen molar-refractivity contribution in [2.24, 2.45) is 17.4 Å². The molecule has 110 valence electrons. The molecule has 4 nitrogen and oxygen atoms in total. The first-order valence-corrected chi connectivity index (χ1v) is 7.39. The van der Waals surface area contributed by atoms with E-state index < -0.39 is 0 Å². The highest BCUT2D eigenvalue weighted by Crippen LogP contribution is 2.29. The average molecular weight is 275 g/mol. The molecule has 1 aromatic rings. The van der Waals surface area contributed by atoms with Gasteiger partial charge in [0.1, 0.15) is 0 Å². The van der Waals surface area contributed by atoms with Gasteiger partial charge in [0.05, 0.1) is 0 Å². The number of nitrogens with two attached hydrogens (primary N) is 2. The second-order valence-electron chi connectivity index (χ2n) is 5.76. The van der Waals surface area contributed by atoms with Gasteiger partial charge >= 0.3 is 0 Å². The molecule has 0 aliphatic carbocycles. The van der Waals surface area contributed by atoms with E-state index in [-0.39, 0.29) is 11.9 Å². The first-order valence-electron chi connectivity index (χ1n) is 7.39. The Hall–Kier alpha value is -1.39. The third-order valence-corrected chi connectivity index (χ3v) is 4.35. The molecule has 1 heterocycles. The topological polar surface area (TPSA) is 72.3 Å². The third kappa shape index (κ3) is 3.58. The van der Waals surface area contributed by atoms with Crippen LogP contribution in [0.25, 0.3) is 0 Å². The van der Waals surface area contributed by atoms with E-state index in [9.17, 15) is 4.79 Å². The lowest BCUT2D eigenvalue weighted by Crippen LogP contribution is -2.40. The molecular formula is C16H25N3O. The van der Waals surface area contributed by atoms with Crippen LogP contribution in [0, 0.1) is 12.8 Å². The van der Waals surface area contributed by atoms with Gasteiger partial charge in [0, 0.05) is 19.0 Å². The molecule has 1 aliphatic rings. The van der Waals surface area contributed by atoms with Crippen molar-refractivity contribution in [3.63, 3.8) is 0 Å². The van der Waals surface area contributed by atoms with Crippen LogP contribution in [0.2, 0.25) is 0 Å². The Kier molecular flexibility index (Phi) is 5.15. The number of benzene rings is 1. The standard InChI is InChI=1S/C16H25N3O/c1-12-4-2-3-5-14(12)15(11-17)19-8-6-13(7-9-19)10-16(18)20/h2-5,13,15H,6-11,17H2,1H3,(H2,18,20). The minimum Gasteiger partial charge on any atom is -0.370 e. The Morgan fingerprint density at radius 3 is 2.55 bits per heavy atom. The number of piperidine rings is 1. The van der Waals surface area contributed by atoms with Gasteiger partial charge in [-0.15, -0.1) is 0 Å². The lowest BCUT2D eigenvalue weighted by molar-refractivity contribution is -0.119. The minimum atomic E-state index is -0.183. The zero-order chi connectivity index (χ0) is 14.5. The highest BCUT2D eigenvalue weighted by Gasteiger charge is 2.26. The number of hydrogen-bond acceptors (Lipinski definition) is 3. The lowest BCUT2D eigenvalue weighted by Gasteiger charge is -2.37. The quantitative estimate of drug-likeness (QED) is 0.857. The van der Waals surface area contributed by atoms with Crippen LogP contribution in [0.15, 0.2) is 24.3 Å². The molecule has 0 radical (unpaired) electrons. The van der Waals surface area contributed by atoms with Gasteiger partial charge in [-0.05, 0) is 49.9 Å². The molecule has 2 rings (SSSR count). The molecular weight excluding hydrogens is 250 g/mol. The Labute approximate surface area is 121 Å². The molecule has 1 fully saturated rings. The van der Waals surface area contributed by atoms with Crippen molar-refractivity contribution in [1.82, 2.24) is 4.90 Å². The number of carbonyl (C=O) groups excluding carboxylic acids is 1. The van der Waals surface area contributed by atoms with Crippen molar-refractivity contribution in [1.29, 1.82) is 0 Å². The molecule has 0 aromatic heterocycles. The van der Waals surface area contributed by atoms with E-state index in [2.05, 4.69) is 36.1 Å². The molecule has 0 saturated carbocycles. The van der Waals surface area contributed by atoms with Crippen molar-refractivity contribution in [2.75, 3.05) is 19.6 Å². The predicted molar refractivity (Wildman–Crippen MR) is 81.1 cm³/mol. The summed E-state index contributed by atoms with van der Waals surface area (Å²) in [5.41, 5.74) is 13.9. The van der Waals surface area contributed by atoms with Crippen molar-refractivity contribution < 1.29 is 4.79 Å². The average Bonchev–Trinajstić information content (AvgIpc) is 2.43. The van der Waals surface area contributed by atoms with Gasteiger partial charge in [-0.2, -0.15) is 0 Å². The fourth-order valence-electron chi connectivity index (χ4n) is 3.19. The summed E-state index contributed by atoms with van der Waals surface area (Å²) in [6.45, 7) is 4.76. The number of amides is 1. The first-order chi connectivity index (χ1) is 9.61. The van der Waals surface area contributed by atoms with E-state index in [1.165, 1.54) is 11.1 Å². The summed E-state index contributed by atoms with van der Waals surface area (Å²) >= 11 is 0. The number of rotatable bonds is 5. The number of aryl methyl sites for hydroxylation is 1. The van der Waals surface area contributed by atoms with Gasteiger partial charge in [-0.1, -0.05) is 24.3 Å². The van der Waals surface area contributed by atoms with Crippen molar-refractivity contribution in [3.05, 3.63) is 35.4 Å². The van der Waals surface area contributed by atoms with Crippen LogP contribution in [-0.4, -0.2) is 30.4 Å². The van der Waals surface area contributed by atoms with Crippen LogP contribution in [0.5, 0.6) is 0 Å². The highest BCUT2D eigenvalue weighted by atomic mass is 16.1. The van der Waals surface area contributed by atoms with E-state index in [0.717, 1.165) is 25.9 Å². The van der Waals surface area contributed by atoms with Crippen LogP contribution >= 0.6 is 0 Å². The Morgan fingerprint density at radius 2 is 2.00 bits per heavy atom. The van der Waals surface area contributed by atoms with E-state index in [4.69, 9.17) is 11.5 Å². The van der Waals surface area contributed by atoms with Crippen LogP contribution in [0.1, 0.15) is 36.4 Å². The normalized spacial score (nSPS) is 18.9. The minimum absolute atomic E-state index is 0.183. The van der Waals surface area contributed by atoms with Crippen molar-refractivity contribution in [3.8, 4) is 0 Å². The molecule has 20 heavy (non-hydrogen) atoms. The van der Waals surface area contributed by atoms with Gasteiger partial charge in [0.2, 0.25) is 5.91 Å². The number of primary amides is 1. The fraction of sp³-hybridized carbons (Fsp3) is 0.562. The summed E-state index contributed by atoms with van der Waals surface area (Å²) in [7, 11) is 0. The van der Waals surface area contributed by atoms with Crippen LogP contribution in [0.4, 0.5) is 0 Å². The smallest absolute Gasteiger partial charge is 0.217 e. The molecule has 1 atom stereocenters. The van der Waals surface area contributed by atoms with Gasteiger partial charge in [-0.3, -0.25) is 9.69 Å². The number of carbonyl (C=O) groups is 1. The summed E-state index contributed by atoms with van der Waals surface area (Å²) in [4.78, 5) is 13.4. The molecule has 4 N–H and O–H groups in total. The maximum absolute atomic E-state index is 11.0. The van der Waals surface area contributed by atoms with Crippen LogP contribution in [0.3, 0.4) is 0 Å². The second kappa shape index (κ2) is 6.86. The predicted octanol–water partition coefficient (Wildman–Crippen LogP) is 1.58. The summed E-state index contributed by atoms with van der Waals surface area (Å²) in [6.07, 6.45) is 2.59. The SMILES string of the molecule is Cc1ccccc1C(CN)N1CCC(CC(N)=O)CC1. The van der Waals surface area contributed by atoms with E-state index in [1.807, 2.05) is 0 Å². The molecule has 1 aliphatic heterocycles. The maximum atomic E-state index is 11.0. The van der Waals surface area contributed by atoms with Gasteiger partial charge in [0.25, 0.3) is 0 Å². The Balaban J connectivity index is 2.01. The largest absolute Gasteiger partial charge is 0.370 e. The molecule has 1 saturated heterocycles. The lowest BCUT2D eigenvalue weighted by atomic mass is 9.91. The highest BCUT2D eigenvalue weighted by molar-refractivity contribution is 5.73. The Bertz CT molecular complexity index is 453. The molecule has 1 unspecified atom stereocenters. The summed E-state index contributed by atoms with van der Waals surface area (Å²) in [6, 6.07) is 8.72. The van der Waals surface area contributed by atoms with Crippen LogP contribution < -0.4 is 11.5 Å². The summed E-state index contributed by atoms with van der Waals surface area (Å²) < 4.78 is 0. The van der Waals surface area contributed by atoms with Crippen molar-refractivity contribution in [2.45, 2.75) is 32.2 Å². The molecule has 0 spiro atoms. The van der Waals surface area contributed by atoms with E-state index in [1.54, 1.807) is 0 Å². The number of hydrogen-bond donors (Lipinski definition) is 2. The number of likely N-dealkylation sites (tertiary alicyclic amines) is 1. The van der Waals surface area contributed by atoms with E-state index in [0.29, 0.717) is 18.9 Å². The third-order valence-electron chi connectivity index (χ3n) is 4.35. The summed E-state index contributed by atoms with van der Waals surface area (Å²) in [5, 5.41) is 0. The van der Waals surface area contributed by atoms with E-state index >= 15 is 0 Å². The van der Waals surface area contributed by atoms with Crippen LogP contribution in [-0.2, 0) is 4.79 Å². The monoisotopic (exact) mass is 275 g/mol. The number of nitrogens with zero attached hydrogens (tertiary/aromatic N) is 1. The molecule has 1 amide bonds. The zero-order valence-corrected chi connectivity index (χ0v) is 12.2. The van der Waals surface area contributed by atoms with Gasteiger partial charge in [0.15, 0.2) is 0 Å². The van der Waals surface area contributed by atoms with Gasteiger partial charge in [-0.25, -0.2) is 0 Å². The Morgan fingerprint density at radius 1 is 1.35 bits per heavy atom. The first kappa shape index (κ1) is 15.0. The zero-order valence-electron chi connectivity index (χ0n) is 12.2.